The molecule has 0 aromatic carbocycles. The van der Waals surface area contributed by atoms with Crippen LogP contribution in [-0.4, -0.2) is 70.0 Å². The van der Waals surface area contributed by atoms with Crippen molar-refractivity contribution < 1.29 is 14.3 Å². The van der Waals surface area contributed by atoms with E-state index in [1.165, 1.54) is 23.1 Å². The molecular formula is C11H14N4O3S2. The maximum atomic E-state index is 12.2. The van der Waals surface area contributed by atoms with Crippen molar-refractivity contribution in [1.29, 1.82) is 0 Å². The first-order chi connectivity index (χ1) is 9.63. The monoisotopic (exact) mass is 314 g/mol. The van der Waals surface area contributed by atoms with Gasteiger partial charge in [0.15, 0.2) is 4.34 Å². The zero-order valence-corrected chi connectivity index (χ0v) is 12.6. The Hall–Kier alpha value is -1.35. The molecule has 2 saturated heterocycles. The highest BCUT2D eigenvalue weighted by Gasteiger charge is 2.38. The zero-order chi connectivity index (χ0) is 14.1. The van der Waals surface area contributed by atoms with E-state index in [4.69, 9.17) is 4.74 Å². The molecule has 108 valence electrons. The van der Waals surface area contributed by atoms with Gasteiger partial charge in [-0.1, -0.05) is 23.1 Å². The Balaban J connectivity index is 1.52. The van der Waals surface area contributed by atoms with Crippen LogP contribution in [0.4, 0.5) is 4.79 Å². The molecule has 0 saturated carbocycles. The Morgan fingerprint density at radius 2 is 2.35 bits per heavy atom. The number of thioether (sulfide) groups is 1. The van der Waals surface area contributed by atoms with E-state index in [-0.39, 0.29) is 18.0 Å². The van der Waals surface area contributed by atoms with E-state index in [1.807, 2.05) is 6.92 Å². The number of cyclic esters (lactones) is 1. The number of piperazine rings is 1. The highest BCUT2D eigenvalue weighted by Crippen LogP contribution is 2.23. The van der Waals surface area contributed by atoms with Crippen molar-refractivity contribution in [2.75, 3.05) is 32.0 Å². The zero-order valence-electron chi connectivity index (χ0n) is 10.9. The predicted molar refractivity (Wildman–Crippen MR) is 73.8 cm³/mol. The number of nitrogens with zero attached hydrogens (tertiary/aromatic N) is 4. The molecule has 0 bridgehead atoms. The normalized spacial score (nSPS) is 21.9. The molecule has 2 aliphatic rings. The number of carbonyl (C=O) groups is 2. The van der Waals surface area contributed by atoms with Crippen LogP contribution in [0.1, 0.15) is 5.01 Å². The van der Waals surface area contributed by atoms with Crippen LogP contribution in [0, 0.1) is 6.92 Å². The Bertz CT molecular complexity index is 535. The van der Waals surface area contributed by atoms with Crippen molar-refractivity contribution >= 4 is 35.1 Å². The summed E-state index contributed by atoms with van der Waals surface area (Å²) in [6.07, 6.45) is -0.263. The minimum Gasteiger partial charge on any atom is -0.447 e. The van der Waals surface area contributed by atoms with Crippen LogP contribution in [0.2, 0.25) is 0 Å². The fourth-order valence-corrected chi connectivity index (χ4v) is 3.99. The van der Waals surface area contributed by atoms with E-state index in [2.05, 4.69) is 10.2 Å². The van der Waals surface area contributed by atoms with Gasteiger partial charge >= 0.3 is 6.09 Å². The Morgan fingerprint density at radius 3 is 3.10 bits per heavy atom. The first-order valence-electron chi connectivity index (χ1n) is 6.27. The number of rotatable bonds is 3. The van der Waals surface area contributed by atoms with Crippen molar-refractivity contribution in [3.05, 3.63) is 5.01 Å². The van der Waals surface area contributed by atoms with Gasteiger partial charge in [0.05, 0.1) is 11.8 Å². The van der Waals surface area contributed by atoms with Gasteiger partial charge in [0.1, 0.15) is 11.6 Å². The second-order valence-electron chi connectivity index (χ2n) is 4.64. The van der Waals surface area contributed by atoms with E-state index in [9.17, 15) is 9.59 Å². The number of aryl methyl sites for hydroxylation is 1. The fourth-order valence-electron chi connectivity index (χ4n) is 2.27. The summed E-state index contributed by atoms with van der Waals surface area (Å²) in [7, 11) is 0. The van der Waals surface area contributed by atoms with Gasteiger partial charge in [0.2, 0.25) is 5.91 Å². The standard InChI is InChI=1S/C11H14N4O3S2/c1-7-12-13-10(20-7)19-6-9(16)14-2-3-15-8(4-14)5-18-11(15)17/h8H,2-6H2,1H3/t8-/m0/s1. The summed E-state index contributed by atoms with van der Waals surface area (Å²) in [5.74, 6) is 0.428. The van der Waals surface area contributed by atoms with Crippen LogP contribution >= 0.6 is 23.1 Å². The smallest absolute Gasteiger partial charge is 0.410 e. The second kappa shape index (κ2) is 5.57. The maximum absolute atomic E-state index is 12.2. The van der Waals surface area contributed by atoms with Gasteiger partial charge in [0.25, 0.3) is 0 Å². The highest BCUT2D eigenvalue weighted by molar-refractivity contribution is 8.01. The Labute approximate surface area is 124 Å². The molecule has 3 rings (SSSR count). The number of hydrogen-bond donors (Lipinski definition) is 0. The van der Waals surface area contributed by atoms with Gasteiger partial charge in [-0.15, -0.1) is 10.2 Å². The molecular weight excluding hydrogens is 300 g/mol. The molecule has 0 unspecified atom stereocenters. The molecule has 0 aliphatic carbocycles. The molecule has 2 aliphatic heterocycles. The summed E-state index contributed by atoms with van der Waals surface area (Å²) in [6, 6.07) is 0.00831. The number of hydrogen-bond acceptors (Lipinski definition) is 7. The number of aromatic nitrogens is 2. The van der Waals surface area contributed by atoms with Crippen molar-refractivity contribution in [2.24, 2.45) is 0 Å². The average Bonchev–Trinajstić information content (AvgIpc) is 3.02. The van der Waals surface area contributed by atoms with E-state index >= 15 is 0 Å². The third kappa shape index (κ3) is 2.73. The summed E-state index contributed by atoms with van der Waals surface area (Å²) in [5, 5.41) is 8.80. The lowest BCUT2D eigenvalue weighted by molar-refractivity contribution is -0.130. The van der Waals surface area contributed by atoms with Crippen LogP contribution in [0.15, 0.2) is 4.34 Å². The third-order valence-corrected chi connectivity index (χ3v) is 5.25. The Kier molecular flexibility index (Phi) is 3.79. The number of amides is 2. The summed E-state index contributed by atoms with van der Waals surface area (Å²) >= 11 is 2.90. The molecule has 1 aromatic heterocycles. The van der Waals surface area contributed by atoms with E-state index in [1.54, 1.807) is 9.80 Å². The molecule has 2 amide bonds. The van der Waals surface area contributed by atoms with Crippen LogP contribution in [0.25, 0.3) is 0 Å². The largest absolute Gasteiger partial charge is 0.447 e. The summed E-state index contributed by atoms with van der Waals surface area (Å²) < 4.78 is 5.80. The first-order valence-corrected chi connectivity index (χ1v) is 8.08. The molecule has 2 fully saturated rings. The summed E-state index contributed by atoms with van der Waals surface area (Å²) in [4.78, 5) is 27.0. The van der Waals surface area contributed by atoms with Gasteiger partial charge < -0.3 is 9.64 Å². The van der Waals surface area contributed by atoms with Crippen molar-refractivity contribution in [1.82, 2.24) is 20.0 Å². The van der Waals surface area contributed by atoms with Crippen LogP contribution in [0.5, 0.6) is 0 Å². The lowest BCUT2D eigenvalue weighted by Crippen LogP contribution is -2.54. The lowest BCUT2D eigenvalue weighted by Gasteiger charge is -2.35. The Morgan fingerprint density at radius 1 is 1.50 bits per heavy atom. The van der Waals surface area contributed by atoms with E-state index < -0.39 is 0 Å². The third-order valence-electron chi connectivity index (χ3n) is 3.30. The molecule has 1 atom stereocenters. The van der Waals surface area contributed by atoms with Gasteiger partial charge in [-0.3, -0.25) is 9.69 Å². The van der Waals surface area contributed by atoms with Crippen LogP contribution in [0.3, 0.4) is 0 Å². The molecule has 0 N–H and O–H groups in total. The average molecular weight is 314 g/mol. The van der Waals surface area contributed by atoms with E-state index in [0.717, 1.165) is 9.35 Å². The topological polar surface area (TPSA) is 75.6 Å². The van der Waals surface area contributed by atoms with Gasteiger partial charge in [0, 0.05) is 19.6 Å². The molecule has 9 heteroatoms. The first kappa shape index (κ1) is 13.6. The SMILES string of the molecule is Cc1nnc(SCC(=O)N2CCN3C(=O)OC[C@@H]3C2)s1. The quantitative estimate of drug-likeness (QED) is 0.761. The number of carbonyl (C=O) groups excluding carboxylic acids is 2. The summed E-state index contributed by atoms with van der Waals surface area (Å²) in [5.41, 5.74) is 0. The van der Waals surface area contributed by atoms with Crippen LogP contribution < -0.4 is 0 Å². The van der Waals surface area contributed by atoms with Gasteiger partial charge in [-0.05, 0) is 6.92 Å². The van der Waals surface area contributed by atoms with Gasteiger partial charge in [-0.25, -0.2) is 4.79 Å². The minimum atomic E-state index is -0.263. The minimum absolute atomic E-state index is 0.00831. The molecule has 1 aromatic rings. The van der Waals surface area contributed by atoms with Gasteiger partial charge in [-0.2, -0.15) is 0 Å². The van der Waals surface area contributed by atoms with Crippen LogP contribution in [-0.2, 0) is 9.53 Å². The fraction of sp³-hybridized carbons (Fsp3) is 0.636. The van der Waals surface area contributed by atoms with Crippen molar-refractivity contribution in [2.45, 2.75) is 17.3 Å². The van der Waals surface area contributed by atoms with Crippen molar-refractivity contribution in [3.63, 3.8) is 0 Å². The molecule has 20 heavy (non-hydrogen) atoms. The highest BCUT2D eigenvalue weighted by atomic mass is 32.2. The second-order valence-corrected chi connectivity index (χ2v) is 7.04. The number of fused-ring (bicyclic) bond motifs is 1. The molecule has 3 heterocycles. The predicted octanol–water partition coefficient (Wildman–Crippen LogP) is 0.602. The lowest BCUT2D eigenvalue weighted by atomic mass is 10.2. The summed E-state index contributed by atoms with van der Waals surface area (Å²) in [6.45, 7) is 3.95. The molecule has 0 spiro atoms. The van der Waals surface area contributed by atoms with Crippen molar-refractivity contribution in [3.8, 4) is 0 Å². The number of ether oxygens (including phenoxy) is 1. The maximum Gasteiger partial charge on any atom is 0.410 e. The molecule has 0 radical (unpaired) electrons. The molecule has 7 nitrogen and oxygen atoms in total. The van der Waals surface area contributed by atoms with E-state index in [0.29, 0.717) is 32.0 Å².